The minimum absolute atomic E-state index is 0.143. The van der Waals surface area contributed by atoms with Crippen molar-refractivity contribution in [2.24, 2.45) is 5.92 Å². The Morgan fingerprint density at radius 2 is 1.77 bits per heavy atom. The number of hydrogen-bond donors (Lipinski definition) is 3. The Bertz CT molecular complexity index is 121. The highest BCUT2D eigenvalue weighted by molar-refractivity contribution is 6.34. The molecule has 0 saturated carbocycles. The van der Waals surface area contributed by atoms with Crippen LogP contribution in [0.1, 0.15) is 13.8 Å². The zero-order valence-electron chi connectivity index (χ0n) is 8.01. The second kappa shape index (κ2) is 7.29. The van der Waals surface area contributed by atoms with Crippen LogP contribution in [-0.2, 0) is 9.31 Å². The van der Waals surface area contributed by atoms with E-state index in [1.807, 2.05) is 13.8 Å². The van der Waals surface area contributed by atoms with Gasteiger partial charge in [-0.1, -0.05) is 13.8 Å². The predicted molar refractivity (Wildman–Crippen MR) is 47.8 cm³/mol. The van der Waals surface area contributed by atoms with Crippen LogP contribution in [0.15, 0.2) is 0 Å². The van der Waals surface area contributed by atoms with Gasteiger partial charge in [0, 0.05) is 6.61 Å². The zero-order valence-corrected chi connectivity index (χ0v) is 8.01. The smallest absolute Gasteiger partial charge is 0.402 e. The molecule has 3 N–H and O–H groups in total. The lowest BCUT2D eigenvalue weighted by Crippen LogP contribution is -2.30. The van der Waals surface area contributed by atoms with Crippen molar-refractivity contribution >= 4 is 7.32 Å². The lowest BCUT2D eigenvalue weighted by atomic mass is 10.2. The first-order valence-corrected chi connectivity index (χ1v) is 4.26. The summed E-state index contributed by atoms with van der Waals surface area (Å²) in [5, 5.41) is 26.3. The minimum atomic E-state index is -1.33. The van der Waals surface area contributed by atoms with E-state index in [0.717, 1.165) is 0 Å². The van der Waals surface area contributed by atoms with Crippen LogP contribution in [0.25, 0.3) is 0 Å². The summed E-state index contributed by atoms with van der Waals surface area (Å²) in [7, 11) is -1.33. The third-order valence-electron chi connectivity index (χ3n) is 1.21. The van der Waals surface area contributed by atoms with Gasteiger partial charge in [0.15, 0.2) is 0 Å². The highest BCUT2D eigenvalue weighted by atomic mass is 16.7. The molecule has 1 unspecified atom stereocenters. The van der Waals surface area contributed by atoms with Gasteiger partial charge in [-0.25, -0.2) is 0 Å². The van der Waals surface area contributed by atoms with E-state index in [1.54, 1.807) is 0 Å². The van der Waals surface area contributed by atoms with Crippen LogP contribution in [0.2, 0.25) is 0 Å². The topological polar surface area (TPSA) is 79.2 Å². The first kappa shape index (κ1) is 12.9. The average Bonchev–Trinajstić information content (AvgIpc) is 2.10. The van der Waals surface area contributed by atoms with Crippen LogP contribution in [-0.4, -0.2) is 48.5 Å². The van der Waals surface area contributed by atoms with Crippen molar-refractivity contribution in [2.45, 2.75) is 20.0 Å². The van der Waals surface area contributed by atoms with Crippen molar-refractivity contribution in [1.29, 1.82) is 0 Å². The monoisotopic (exact) mass is 192 g/mol. The summed E-state index contributed by atoms with van der Waals surface area (Å²) in [6, 6.07) is 0. The van der Waals surface area contributed by atoms with Crippen molar-refractivity contribution in [3.8, 4) is 0 Å². The normalized spacial score (nSPS) is 13.4. The van der Waals surface area contributed by atoms with Gasteiger partial charge in [0.25, 0.3) is 0 Å². The molecule has 1 atom stereocenters. The lowest BCUT2D eigenvalue weighted by molar-refractivity contribution is 0.0265. The highest BCUT2D eigenvalue weighted by Crippen LogP contribution is 1.95. The summed E-state index contributed by atoms with van der Waals surface area (Å²) in [4.78, 5) is 0. The maximum absolute atomic E-state index is 9.01. The second-order valence-corrected chi connectivity index (χ2v) is 3.20. The maximum atomic E-state index is 9.01. The summed E-state index contributed by atoms with van der Waals surface area (Å²) in [5.41, 5.74) is 0. The molecule has 0 amide bonds. The molecular weight excluding hydrogens is 175 g/mol. The summed E-state index contributed by atoms with van der Waals surface area (Å²) < 4.78 is 9.51. The molecule has 0 saturated heterocycles. The van der Waals surface area contributed by atoms with Crippen LogP contribution in [0, 0.1) is 5.92 Å². The SMILES string of the molecule is CC(C)COB(O)OCC(O)CO. The van der Waals surface area contributed by atoms with E-state index < -0.39 is 20.0 Å². The van der Waals surface area contributed by atoms with Crippen molar-refractivity contribution in [3.05, 3.63) is 0 Å². The molecule has 0 bridgehead atoms. The molecule has 0 heterocycles. The molecule has 0 aliphatic rings. The van der Waals surface area contributed by atoms with Crippen LogP contribution in [0.5, 0.6) is 0 Å². The molecule has 0 aromatic heterocycles. The van der Waals surface area contributed by atoms with Gasteiger partial charge in [-0.3, -0.25) is 0 Å². The van der Waals surface area contributed by atoms with Gasteiger partial charge < -0.3 is 24.5 Å². The van der Waals surface area contributed by atoms with Gasteiger partial charge in [0.05, 0.1) is 19.3 Å². The fourth-order valence-electron chi connectivity index (χ4n) is 0.569. The first-order chi connectivity index (χ1) is 6.06. The lowest BCUT2D eigenvalue weighted by Gasteiger charge is -2.12. The molecule has 0 radical (unpaired) electrons. The van der Waals surface area contributed by atoms with E-state index in [9.17, 15) is 0 Å². The number of aliphatic hydroxyl groups excluding tert-OH is 2. The van der Waals surface area contributed by atoms with Gasteiger partial charge in [0.1, 0.15) is 0 Å². The van der Waals surface area contributed by atoms with Gasteiger partial charge in [0.2, 0.25) is 0 Å². The Balaban J connectivity index is 3.34. The van der Waals surface area contributed by atoms with Crippen molar-refractivity contribution in [3.63, 3.8) is 0 Å². The molecule has 13 heavy (non-hydrogen) atoms. The molecule has 6 heteroatoms. The third-order valence-corrected chi connectivity index (χ3v) is 1.21. The third kappa shape index (κ3) is 8.20. The Morgan fingerprint density at radius 1 is 1.23 bits per heavy atom. The molecule has 0 aliphatic heterocycles. The summed E-state index contributed by atoms with van der Waals surface area (Å²) in [5.74, 6) is 0.306. The first-order valence-electron chi connectivity index (χ1n) is 4.26. The number of hydrogen-bond acceptors (Lipinski definition) is 5. The van der Waals surface area contributed by atoms with E-state index in [2.05, 4.69) is 4.65 Å². The average molecular weight is 192 g/mol. The fourth-order valence-corrected chi connectivity index (χ4v) is 0.569. The van der Waals surface area contributed by atoms with E-state index in [4.69, 9.17) is 19.9 Å². The van der Waals surface area contributed by atoms with Gasteiger partial charge in [-0.05, 0) is 5.92 Å². The van der Waals surface area contributed by atoms with Gasteiger partial charge in [-0.2, -0.15) is 0 Å². The number of aliphatic hydroxyl groups is 2. The zero-order chi connectivity index (χ0) is 10.3. The molecule has 0 spiro atoms. The fraction of sp³-hybridized carbons (Fsp3) is 1.00. The summed E-state index contributed by atoms with van der Waals surface area (Å²) in [6.07, 6.45) is -0.975. The molecule has 0 rings (SSSR count). The maximum Gasteiger partial charge on any atom is 0.636 e. The molecule has 0 aliphatic carbocycles. The Hall–Kier alpha value is -0.135. The molecular formula is C7H17BO5. The molecule has 0 aromatic carbocycles. The Labute approximate surface area is 78.5 Å². The summed E-state index contributed by atoms with van der Waals surface area (Å²) >= 11 is 0. The molecule has 0 aromatic rings. The van der Waals surface area contributed by atoms with E-state index in [-0.39, 0.29) is 6.61 Å². The van der Waals surface area contributed by atoms with E-state index in [0.29, 0.717) is 12.5 Å². The quantitative estimate of drug-likeness (QED) is 0.451. The predicted octanol–water partition coefficient (Wildman–Crippen LogP) is -0.994. The largest absolute Gasteiger partial charge is 0.636 e. The highest BCUT2D eigenvalue weighted by Gasteiger charge is 2.17. The van der Waals surface area contributed by atoms with Crippen LogP contribution < -0.4 is 0 Å². The van der Waals surface area contributed by atoms with Crippen molar-refractivity contribution < 1.29 is 24.5 Å². The van der Waals surface area contributed by atoms with Gasteiger partial charge in [-0.15, -0.1) is 0 Å². The van der Waals surface area contributed by atoms with E-state index >= 15 is 0 Å². The minimum Gasteiger partial charge on any atom is -0.402 e. The van der Waals surface area contributed by atoms with Crippen LogP contribution in [0.3, 0.4) is 0 Å². The number of rotatable bonds is 7. The molecule has 78 valence electrons. The summed E-state index contributed by atoms with van der Waals surface area (Å²) in [6.45, 7) is 3.73. The Morgan fingerprint density at radius 3 is 2.23 bits per heavy atom. The van der Waals surface area contributed by atoms with Crippen LogP contribution >= 0.6 is 0 Å². The van der Waals surface area contributed by atoms with E-state index in [1.165, 1.54) is 0 Å². The Kier molecular flexibility index (Phi) is 7.21. The second-order valence-electron chi connectivity index (χ2n) is 3.20. The molecule has 0 fully saturated rings. The van der Waals surface area contributed by atoms with Crippen LogP contribution in [0.4, 0.5) is 0 Å². The van der Waals surface area contributed by atoms with Crippen molar-refractivity contribution in [2.75, 3.05) is 19.8 Å². The molecule has 5 nitrogen and oxygen atoms in total. The van der Waals surface area contributed by atoms with Gasteiger partial charge >= 0.3 is 7.32 Å². The van der Waals surface area contributed by atoms with Crippen molar-refractivity contribution in [1.82, 2.24) is 0 Å². The standard InChI is InChI=1S/C7H17BO5/c1-6(2)4-12-8(11)13-5-7(10)3-9/h6-7,9-11H,3-5H2,1-2H3.